The fourth-order valence-electron chi connectivity index (χ4n) is 1.50. The largest absolute Gasteiger partial charge is 0.391 e. The molecule has 19 heavy (non-hydrogen) atoms. The first kappa shape index (κ1) is 15.7. The van der Waals surface area contributed by atoms with E-state index < -0.39 is 6.10 Å². The first-order chi connectivity index (χ1) is 8.75. The molecule has 1 rings (SSSR count). The monoisotopic (exact) mass is 268 g/mol. The quantitative estimate of drug-likeness (QED) is 0.857. The minimum atomic E-state index is -0.539. The number of carbonyl (C=O) groups excluding carboxylic acids is 1. The van der Waals surface area contributed by atoms with Crippen LogP contribution in [0.5, 0.6) is 0 Å². The van der Waals surface area contributed by atoms with E-state index in [4.69, 9.17) is 4.52 Å². The van der Waals surface area contributed by atoms with E-state index in [0.717, 1.165) is 6.42 Å². The minimum absolute atomic E-state index is 0.155. The number of aromatic nitrogens is 1. The van der Waals surface area contributed by atoms with Crippen LogP contribution in [0, 0.1) is 5.92 Å². The van der Waals surface area contributed by atoms with Crippen molar-refractivity contribution in [1.82, 2.24) is 10.5 Å². The topological polar surface area (TPSA) is 75.4 Å². The van der Waals surface area contributed by atoms with Crippen molar-refractivity contribution in [2.75, 3.05) is 6.54 Å². The van der Waals surface area contributed by atoms with Crippen LogP contribution in [0.15, 0.2) is 10.6 Å². The van der Waals surface area contributed by atoms with Gasteiger partial charge in [0.15, 0.2) is 5.69 Å². The standard InChI is InChI=1S/C14H24N2O3/c1-6-9(2)11(17)8-15-13(18)10-7-12(19-16-10)14(3,4)5/h7,9,11,17H,6,8H2,1-5H3,(H,15,18). The summed E-state index contributed by atoms with van der Waals surface area (Å²) >= 11 is 0. The van der Waals surface area contributed by atoms with E-state index in [1.165, 1.54) is 0 Å². The van der Waals surface area contributed by atoms with Gasteiger partial charge in [-0.2, -0.15) is 0 Å². The summed E-state index contributed by atoms with van der Waals surface area (Å²) in [6.07, 6.45) is 0.331. The third-order valence-electron chi connectivity index (χ3n) is 3.25. The molecular formula is C14H24N2O3. The highest BCUT2D eigenvalue weighted by Gasteiger charge is 2.22. The van der Waals surface area contributed by atoms with Gasteiger partial charge in [0.25, 0.3) is 5.91 Å². The molecular weight excluding hydrogens is 244 g/mol. The lowest BCUT2D eigenvalue weighted by Crippen LogP contribution is -2.35. The van der Waals surface area contributed by atoms with Crippen LogP contribution in [0.25, 0.3) is 0 Å². The molecule has 2 atom stereocenters. The van der Waals surface area contributed by atoms with Crippen molar-refractivity contribution in [1.29, 1.82) is 0 Å². The molecule has 5 nitrogen and oxygen atoms in total. The van der Waals surface area contributed by atoms with Gasteiger partial charge in [-0.15, -0.1) is 0 Å². The molecule has 0 aliphatic carbocycles. The fraction of sp³-hybridized carbons (Fsp3) is 0.714. The predicted octanol–water partition coefficient (Wildman–Crippen LogP) is 2.11. The number of nitrogens with one attached hydrogen (secondary N) is 1. The predicted molar refractivity (Wildman–Crippen MR) is 73.0 cm³/mol. The van der Waals surface area contributed by atoms with E-state index in [9.17, 15) is 9.90 Å². The molecule has 1 heterocycles. The van der Waals surface area contributed by atoms with Crippen molar-refractivity contribution < 1.29 is 14.4 Å². The normalized spacial score (nSPS) is 15.1. The Balaban J connectivity index is 2.57. The molecule has 0 saturated heterocycles. The fourth-order valence-corrected chi connectivity index (χ4v) is 1.50. The van der Waals surface area contributed by atoms with Crippen molar-refractivity contribution >= 4 is 5.91 Å². The molecule has 1 aromatic heterocycles. The van der Waals surface area contributed by atoms with E-state index in [1.54, 1.807) is 6.07 Å². The van der Waals surface area contributed by atoms with Gasteiger partial charge in [0.2, 0.25) is 0 Å². The highest BCUT2D eigenvalue weighted by Crippen LogP contribution is 2.22. The Labute approximate surface area is 114 Å². The lowest BCUT2D eigenvalue weighted by Gasteiger charge is -2.17. The third kappa shape index (κ3) is 4.35. The second kappa shape index (κ2) is 6.19. The number of rotatable bonds is 5. The molecule has 0 radical (unpaired) electrons. The Hall–Kier alpha value is -1.36. The van der Waals surface area contributed by atoms with Gasteiger partial charge in [-0.3, -0.25) is 4.79 Å². The molecule has 2 unspecified atom stereocenters. The number of hydrogen-bond donors (Lipinski definition) is 2. The second-order valence-electron chi connectivity index (χ2n) is 5.99. The smallest absolute Gasteiger partial charge is 0.273 e. The molecule has 108 valence electrons. The average Bonchev–Trinajstić information content (AvgIpc) is 2.83. The molecule has 2 N–H and O–H groups in total. The zero-order valence-electron chi connectivity index (χ0n) is 12.4. The molecule has 0 aliphatic rings. The van der Waals surface area contributed by atoms with Crippen LogP contribution in [-0.4, -0.2) is 28.8 Å². The zero-order valence-corrected chi connectivity index (χ0v) is 12.4. The van der Waals surface area contributed by atoms with Gasteiger partial charge >= 0.3 is 0 Å². The number of aliphatic hydroxyl groups is 1. The second-order valence-corrected chi connectivity index (χ2v) is 5.99. The summed E-state index contributed by atoms with van der Waals surface area (Å²) in [5.41, 5.74) is 0.0724. The van der Waals surface area contributed by atoms with Crippen LogP contribution < -0.4 is 5.32 Å². The summed E-state index contributed by atoms with van der Waals surface area (Å²) in [6.45, 7) is 10.1. The molecule has 1 amide bonds. The maximum Gasteiger partial charge on any atom is 0.273 e. The average molecular weight is 268 g/mol. The zero-order chi connectivity index (χ0) is 14.6. The number of carbonyl (C=O) groups is 1. The maximum absolute atomic E-state index is 11.9. The van der Waals surface area contributed by atoms with Crippen molar-refractivity contribution in [3.05, 3.63) is 17.5 Å². The van der Waals surface area contributed by atoms with Crippen molar-refractivity contribution in [3.63, 3.8) is 0 Å². The van der Waals surface area contributed by atoms with Crippen LogP contribution in [-0.2, 0) is 5.41 Å². The first-order valence-corrected chi connectivity index (χ1v) is 6.69. The summed E-state index contributed by atoms with van der Waals surface area (Å²) in [5.74, 6) is 0.504. The van der Waals surface area contributed by atoms with E-state index >= 15 is 0 Å². The highest BCUT2D eigenvalue weighted by molar-refractivity contribution is 5.92. The summed E-state index contributed by atoms with van der Waals surface area (Å²) in [4.78, 5) is 11.9. The molecule has 1 aromatic rings. The third-order valence-corrected chi connectivity index (χ3v) is 3.25. The Morgan fingerprint density at radius 2 is 2.16 bits per heavy atom. The van der Waals surface area contributed by atoms with E-state index in [1.807, 2.05) is 34.6 Å². The van der Waals surface area contributed by atoms with Crippen molar-refractivity contribution in [2.24, 2.45) is 5.92 Å². The molecule has 0 aliphatic heterocycles. The maximum atomic E-state index is 11.9. The molecule has 0 fully saturated rings. The number of hydrogen-bond acceptors (Lipinski definition) is 4. The van der Waals surface area contributed by atoms with Crippen LogP contribution in [0.2, 0.25) is 0 Å². The Bertz CT molecular complexity index is 421. The number of aliphatic hydroxyl groups excluding tert-OH is 1. The van der Waals surface area contributed by atoms with Gasteiger partial charge < -0.3 is 14.9 Å². The Morgan fingerprint density at radius 1 is 1.53 bits per heavy atom. The summed E-state index contributed by atoms with van der Waals surface area (Å²) in [7, 11) is 0. The SMILES string of the molecule is CCC(C)C(O)CNC(=O)c1cc(C(C)(C)C)on1. The molecule has 0 aromatic carbocycles. The molecule has 0 saturated carbocycles. The highest BCUT2D eigenvalue weighted by atomic mass is 16.5. The minimum Gasteiger partial charge on any atom is -0.391 e. The first-order valence-electron chi connectivity index (χ1n) is 6.69. The van der Waals surface area contributed by atoms with Gasteiger partial charge in [0.05, 0.1) is 6.10 Å². The molecule has 5 heteroatoms. The molecule has 0 spiro atoms. The van der Waals surface area contributed by atoms with Crippen LogP contribution in [0.3, 0.4) is 0 Å². The van der Waals surface area contributed by atoms with E-state index in [2.05, 4.69) is 10.5 Å². The van der Waals surface area contributed by atoms with Gasteiger partial charge in [0, 0.05) is 18.0 Å². The summed E-state index contributed by atoms with van der Waals surface area (Å²) < 4.78 is 5.15. The van der Waals surface area contributed by atoms with Gasteiger partial charge in [-0.05, 0) is 5.92 Å². The van der Waals surface area contributed by atoms with Crippen LogP contribution in [0.4, 0.5) is 0 Å². The van der Waals surface area contributed by atoms with Crippen molar-refractivity contribution in [2.45, 2.75) is 52.6 Å². The Kier molecular flexibility index (Phi) is 5.11. The number of amides is 1. The van der Waals surface area contributed by atoms with Gasteiger partial charge in [-0.1, -0.05) is 46.2 Å². The lowest BCUT2D eigenvalue weighted by molar-refractivity contribution is 0.0842. The van der Waals surface area contributed by atoms with E-state index in [-0.39, 0.29) is 29.5 Å². The van der Waals surface area contributed by atoms with Crippen molar-refractivity contribution in [3.8, 4) is 0 Å². The van der Waals surface area contributed by atoms with Gasteiger partial charge in [-0.25, -0.2) is 0 Å². The van der Waals surface area contributed by atoms with Crippen LogP contribution in [0.1, 0.15) is 57.3 Å². The van der Waals surface area contributed by atoms with Crippen LogP contribution >= 0.6 is 0 Å². The number of nitrogens with zero attached hydrogens (tertiary/aromatic N) is 1. The van der Waals surface area contributed by atoms with Gasteiger partial charge in [0.1, 0.15) is 5.76 Å². The lowest BCUT2D eigenvalue weighted by atomic mass is 9.93. The Morgan fingerprint density at radius 3 is 2.63 bits per heavy atom. The summed E-state index contributed by atoms with van der Waals surface area (Å²) in [5, 5.41) is 16.2. The molecule has 0 bridgehead atoms. The summed E-state index contributed by atoms with van der Waals surface area (Å²) in [6, 6.07) is 1.64. The van der Waals surface area contributed by atoms with E-state index in [0.29, 0.717) is 5.76 Å².